The largest absolute Gasteiger partial charge is 0.393 e. The number of halogens is 2. The molecule has 192 valence electrons. The summed E-state index contributed by atoms with van der Waals surface area (Å²) in [5, 5.41) is 16.9. The number of aliphatic hydroxyl groups is 1. The molecule has 0 unspecified atom stereocenters. The number of nitrogens with zero attached hydrogens (tertiary/aromatic N) is 4. The molecule has 36 heavy (non-hydrogen) atoms. The first-order valence-electron chi connectivity index (χ1n) is 12.6. The summed E-state index contributed by atoms with van der Waals surface area (Å²) in [6.07, 6.45) is 8.50. The van der Waals surface area contributed by atoms with Crippen molar-refractivity contribution in [2.45, 2.75) is 76.0 Å². The van der Waals surface area contributed by atoms with Crippen molar-refractivity contribution in [2.24, 2.45) is 11.7 Å². The van der Waals surface area contributed by atoms with Crippen LogP contribution in [-0.4, -0.2) is 42.7 Å². The van der Waals surface area contributed by atoms with Gasteiger partial charge in [-0.05, 0) is 57.1 Å². The number of aromatic nitrogens is 4. The number of amides is 1. The minimum Gasteiger partial charge on any atom is -0.393 e. The van der Waals surface area contributed by atoms with E-state index in [-0.39, 0.29) is 40.7 Å². The summed E-state index contributed by atoms with van der Waals surface area (Å²) in [6.45, 7) is 0. The number of nitrogens with two attached hydrogens (primary N) is 1. The first kappa shape index (κ1) is 24.7. The third-order valence-corrected chi connectivity index (χ3v) is 7.64. The summed E-state index contributed by atoms with van der Waals surface area (Å²) in [7, 11) is 0. The van der Waals surface area contributed by atoms with E-state index in [0.717, 1.165) is 25.7 Å². The molecule has 2 fully saturated rings. The lowest BCUT2D eigenvalue weighted by atomic mass is 9.85. The molecule has 2 heterocycles. The van der Waals surface area contributed by atoms with Gasteiger partial charge in [-0.1, -0.05) is 30.5 Å². The first-order chi connectivity index (χ1) is 17.4. The van der Waals surface area contributed by atoms with Crippen LogP contribution in [0.3, 0.4) is 0 Å². The fourth-order valence-electron chi connectivity index (χ4n) is 5.39. The summed E-state index contributed by atoms with van der Waals surface area (Å²) in [5.41, 5.74) is 6.86. The average molecular weight is 516 g/mol. The van der Waals surface area contributed by atoms with Gasteiger partial charge in [-0.2, -0.15) is 4.98 Å². The van der Waals surface area contributed by atoms with Gasteiger partial charge in [-0.25, -0.2) is 14.4 Å². The molecule has 5 rings (SSSR count). The quantitative estimate of drug-likeness (QED) is 0.350. The number of carbonyl (C=O) groups excluding carboxylic acids is 1. The number of carbonyl (C=O) groups is 1. The van der Waals surface area contributed by atoms with E-state index in [1.54, 1.807) is 18.3 Å². The van der Waals surface area contributed by atoms with Crippen LogP contribution in [0.5, 0.6) is 0 Å². The molecule has 2 aliphatic carbocycles. The number of benzene rings is 1. The molecule has 1 aromatic carbocycles. The molecule has 0 bridgehead atoms. The van der Waals surface area contributed by atoms with Gasteiger partial charge in [0.05, 0.1) is 23.0 Å². The maximum absolute atomic E-state index is 14.6. The number of hydrogen-bond donors (Lipinski definition) is 4. The van der Waals surface area contributed by atoms with Gasteiger partial charge in [-0.15, -0.1) is 0 Å². The van der Waals surface area contributed by atoms with E-state index in [2.05, 4.69) is 20.6 Å². The second-order valence-corrected chi connectivity index (χ2v) is 10.3. The zero-order valence-corrected chi connectivity index (χ0v) is 20.7. The van der Waals surface area contributed by atoms with E-state index in [0.29, 0.717) is 55.2 Å². The molecule has 5 N–H and O–H groups in total. The normalized spacial score (nSPS) is 24.9. The van der Waals surface area contributed by atoms with E-state index in [1.165, 1.54) is 6.07 Å². The maximum Gasteiger partial charge on any atom is 0.224 e. The van der Waals surface area contributed by atoms with Gasteiger partial charge >= 0.3 is 0 Å². The highest BCUT2D eigenvalue weighted by atomic mass is 35.5. The highest BCUT2D eigenvalue weighted by molar-refractivity contribution is 6.33. The number of nitrogens with one attached hydrogen (secondary N) is 2. The Bertz CT molecular complexity index is 1220. The molecule has 2 aromatic heterocycles. The molecule has 0 radical (unpaired) electrons. The molecule has 3 aromatic rings. The summed E-state index contributed by atoms with van der Waals surface area (Å²) < 4.78 is 16.6. The van der Waals surface area contributed by atoms with Gasteiger partial charge in [0.15, 0.2) is 5.65 Å². The number of fused-ring (bicyclic) bond motifs is 1. The molecule has 1 amide bonds. The number of imidazole rings is 1. The zero-order valence-electron chi connectivity index (χ0n) is 20.0. The molecular weight excluding hydrogens is 485 g/mol. The van der Waals surface area contributed by atoms with Crippen molar-refractivity contribution in [3.8, 4) is 0 Å². The Labute approximate surface area is 213 Å². The van der Waals surface area contributed by atoms with Gasteiger partial charge in [-0.3, -0.25) is 9.36 Å². The Morgan fingerprint density at radius 3 is 2.67 bits per heavy atom. The molecule has 2 saturated carbocycles. The molecule has 9 nitrogen and oxygen atoms in total. The van der Waals surface area contributed by atoms with Crippen LogP contribution >= 0.6 is 11.6 Å². The molecule has 11 heteroatoms. The summed E-state index contributed by atoms with van der Waals surface area (Å²) in [5.74, 6) is -0.0411. The standard InChI is InChI=1S/C25H31ClFN7O2/c26-18-6-3-7-19(27)21(18)32-25-31-20-13-29-24(30-15-4-1-2-5-17(35)12-15)33-23(20)34(25)16-10-8-14(9-11-16)22(28)36/h3,6-7,13-17,35H,1-2,4-5,8-12H2,(H2,28,36)(H,31,32)(H,29,30,33)/t14?,15-,16?,17+/m1/s1. The van der Waals surface area contributed by atoms with Crippen LogP contribution in [0.15, 0.2) is 24.4 Å². The van der Waals surface area contributed by atoms with E-state index < -0.39 is 5.82 Å². The number of hydrogen-bond acceptors (Lipinski definition) is 7. The smallest absolute Gasteiger partial charge is 0.224 e. The minimum absolute atomic E-state index is 0.0129. The second-order valence-electron chi connectivity index (χ2n) is 9.85. The molecule has 0 aliphatic heterocycles. The van der Waals surface area contributed by atoms with Crippen molar-refractivity contribution >= 4 is 46.3 Å². The third kappa shape index (κ3) is 5.24. The minimum atomic E-state index is -0.487. The summed E-state index contributed by atoms with van der Waals surface area (Å²) >= 11 is 6.28. The lowest BCUT2D eigenvalue weighted by Gasteiger charge is -2.29. The van der Waals surface area contributed by atoms with Crippen LogP contribution < -0.4 is 16.4 Å². The molecule has 0 spiro atoms. The SMILES string of the molecule is NC(=O)C1CCC(n2c(Nc3c(F)cccc3Cl)nc3cnc(N[C@@H]4CCCC[C@H](O)C4)nc32)CC1. The van der Waals surface area contributed by atoms with Crippen LogP contribution in [-0.2, 0) is 4.79 Å². The Morgan fingerprint density at radius 1 is 1.14 bits per heavy atom. The van der Waals surface area contributed by atoms with E-state index >= 15 is 0 Å². The predicted molar refractivity (Wildman–Crippen MR) is 137 cm³/mol. The van der Waals surface area contributed by atoms with Crippen molar-refractivity contribution < 1.29 is 14.3 Å². The zero-order chi connectivity index (χ0) is 25.2. The van der Waals surface area contributed by atoms with Crippen LogP contribution in [0.4, 0.5) is 22.0 Å². The van der Waals surface area contributed by atoms with Crippen molar-refractivity contribution in [1.29, 1.82) is 0 Å². The van der Waals surface area contributed by atoms with Crippen LogP contribution in [0.1, 0.15) is 63.8 Å². The molecular formula is C25H31ClFN7O2. The first-order valence-corrected chi connectivity index (χ1v) is 13.0. The Hall–Kier alpha value is -2.98. The third-order valence-electron chi connectivity index (χ3n) is 7.33. The topological polar surface area (TPSA) is 131 Å². The number of aliphatic hydroxyl groups excluding tert-OH is 1. The number of primary amides is 1. The molecule has 2 atom stereocenters. The lowest BCUT2D eigenvalue weighted by Crippen LogP contribution is -2.29. The Kier molecular flexibility index (Phi) is 7.25. The van der Waals surface area contributed by atoms with Crippen molar-refractivity contribution in [1.82, 2.24) is 19.5 Å². The molecule has 2 aliphatic rings. The fraction of sp³-hybridized carbons (Fsp3) is 0.520. The highest BCUT2D eigenvalue weighted by Gasteiger charge is 2.30. The predicted octanol–water partition coefficient (Wildman–Crippen LogP) is 4.68. The van der Waals surface area contributed by atoms with Gasteiger partial charge in [0.25, 0.3) is 0 Å². The van der Waals surface area contributed by atoms with Crippen molar-refractivity contribution in [3.63, 3.8) is 0 Å². The van der Waals surface area contributed by atoms with E-state index in [1.807, 2.05) is 4.57 Å². The van der Waals surface area contributed by atoms with Crippen LogP contribution in [0.25, 0.3) is 11.2 Å². The highest BCUT2D eigenvalue weighted by Crippen LogP contribution is 2.38. The Morgan fingerprint density at radius 2 is 1.92 bits per heavy atom. The fourth-order valence-corrected chi connectivity index (χ4v) is 5.60. The van der Waals surface area contributed by atoms with Gasteiger partial charge in [0, 0.05) is 18.0 Å². The maximum atomic E-state index is 14.6. The van der Waals surface area contributed by atoms with Gasteiger partial charge < -0.3 is 21.5 Å². The average Bonchev–Trinajstić information content (AvgIpc) is 3.08. The van der Waals surface area contributed by atoms with Crippen LogP contribution in [0, 0.1) is 11.7 Å². The lowest BCUT2D eigenvalue weighted by molar-refractivity contribution is -0.122. The van der Waals surface area contributed by atoms with Crippen molar-refractivity contribution in [3.05, 3.63) is 35.2 Å². The number of anilines is 3. The van der Waals surface area contributed by atoms with E-state index in [9.17, 15) is 14.3 Å². The van der Waals surface area contributed by atoms with Crippen LogP contribution in [0.2, 0.25) is 5.02 Å². The van der Waals surface area contributed by atoms with E-state index in [4.69, 9.17) is 22.3 Å². The Balaban J connectivity index is 1.50. The van der Waals surface area contributed by atoms with Crippen molar-refractivity contribution in [2.75, 3.05) is 10.6 Å². The molecule has 0 saturated heterocycles. The van der Waals surface area contributed by atoms with Gasteiger partial charge in [0.2, 0.25) is 17.8 Å². The second kappa shape index (κ2) is 10.6. The monoisotopic (exact) mass is 515 g/mol. The summed E-state index contributed by atoms with van der Waals surface area (Å²) in [6, 6.07) is 4.56. The van der Waals surface area contributed by atoms with Gasteiger partial charge in [0.1, 0.15) is 11.3 Å². The number of rotatable bonds is 6. The summed E-state index contributed by atoms with van der Waals surface area (Å²) in [4.78, 5) is 25.7. The number of para-hydroxylation sites is 1.